The SMILES string of the molecule is CCC(C)[C@H](N)C(=O)O.CSCC[C@H](N)C(=O)O.N[C@@H](Cc1ccccc1)C(=O)O. The Kier molecular flexibility index (Phi) is 17.7. The number of nitrogens with two attached hydrogens (primary N) is 3. The summed E-state index contributed by atoms with van der Waals surface area (Å²) in [7, 11) is 0. The van der Waals surface area contributed by atoms with Crippen molar-refractivity contribution < 1.29 is 29.7 Å². The molecule has 0 aliphatic heterocycles. The summed E-state index contributed by atoms with van der Waals surface area (Å²) in [5, 5.41) is 25.2. The number of thioether (sulfide) groups is 1. The zero-order valence-corrected chi connectivity index (χ0v) is 18.5. The van der Waals surface area contributed by atoms with Gasteiger partial charge in [0.2, 0.25) is 0 Å². The molecule has 0 heterocycles. The second kappa shape index (κ2) is 17.7. The average Bonchev–Trinajstić information content (AvgIpc) is 2.72. The normalized spacial score (nSPS) is 13.9. The van der Waals surface area contributed by atoms with Gasteiger partial charge in [0.05, 0.1) is 0 Å². The molecule has 0 fully saturated rings. The highest BCUT2D eigenvalue weighted by atomic mass is 32.2. The van der Waals surface area contributed by atoms with Crippen LogP contribution in [0.3, 0.4) is 0 Å². The van der Waals surface area contributed by atoms with Crippen molar-refractivity contribution in [2.45, 2.75) is 51.2 Å². The van der Waals surface area contributed by atoms with Gasteiger partial charge in [-0.05, 0) is 36.3 Å². The molecule has 9 nitrogen and oxygen atoms in total. The molecule has 0 bridgehead atoms. The van der Waals surface area contributed by atoms with Crippen LogP contribution < -0.4 is 17.2 Å². The second-order valence-electron chi connectivity index (χ2n) is 6.61. The van der Waals surface area contributed by atoms with Gasteiger partial charge in [-0.15, -0.1) is 0 Å². The largest absolute Gasteiger partial charge is 0.480 e. The molecule has 0 spiro atoms. The van der Waals surface area contributed by atoms with Gasteiger partial charge in [0.1, 0.15) is 18.1 Å². The van der Waals surface area contributed by atoms with Crippen LogP contribution in [0, 0.1) is 5.92 Å². The van der Waals surface area contributed by atoms with E-state index in [0.717, 1.165) is 17.7 Å². The summed E-state index contributed by atoms with van der Waals surface area (Å²) in [6.45, 7) is 3.76. The molecule has 1 unspecified atom stereocenters. The van der Waals surface area contributed by atoms with Crippen molar-refractivity contribution in [1.82, 2.24) is 0 Å². The molecule has 0 amide bonds. The minimum absolute atomic E-state index is 0.0718. The molecule has 0 aromatic heterocycles. The predicted molar refractivity (Wildman–Crippen MR) is 119 cm³/mol. The van der Waals surface area contributed by atoms with Crippen LogP contribution in [0.15, 0.2) is 30.3 Å². The highest BCUT2D eigenvalue weighted by molar-refractivity contribution is 7.98. The molecule has 0 saturated heterocycles. The summed E-state index contributed by atoms with van der Waals surface area (Å²) in [6.07, 6.45) is 3.68. The molecule has 10 heteroatoms. The van der Waals surface area contributed by atoms with Crippen molar-refractivity contribution in [3.63, 3.8) is 0 Å². The monoisotopic (exact) mass is 445 g/mol. The highest BCUT2D eigenvalue weighted by Gasteiger charge is 2.17. The topological polar surface area (TPSA) is 190 Å². The smallest absolute Gasteiger partial charge is 0.320 e. The molecule has 0 saturated carbocycles. The Bertz CT molecular complexity index is 618. The molecule has 1 aromatic rings. The molecular formula is C20H35N3O6S. The van der Waals surface area contributed by atoms with Crippen molar-refractivity contribution >= 4 is 29.7 Å². The summed E-state index contributed by atoms with van der Waals surface area (Å²) >= 11 is 1.60. The third kappa shape index (κ3) is 15.7. The van der Waals surface area contributed by atoms with Crippen LogP contribution in [0.1, 0.15) is 32.3 Å². The maximum absolute atomic E-state index is 10.4. The number of carbonyl (C=O) groups is 3. The number of hydrogen-bond acceptors (Lipinski definition) is 7. The van der Waals surface area contributed by atoms with Gasteiger partial charge in [0.25, 0.3) is 0 Å². The van der Waals surface area contributed by atoms with E-state index in [2.05, 4.69) is 0 Å². The standard InChI is InChI=1S/C9H11NO2.C6H13NO2.C5H11NO2S/c10-8(9(11)12)6-7-4-2-1-3-5-7;1-3-4(2)5(7)6(8)9;1-9-3-2-4(6)5(7)8/h1-5,8H,6,10H2,(H,11,12);4-5H,3,7H2,1-2H3,(H,8,9);4H,2-3,6H2,1H3,(H,7,8)/t8-;4?,5-;4-/m000/s1. The second-order valence-corrected chi connectivity index (χ2v) is 7.60. The third-order valence-corrected chi connectivity index (χ3v) is 4.75. The summed E-state index contributed by atoms with van der Waals surface area (Å²) in [6, 6.07) is 7.16. The molecule has 1 rings (SSSR count). The summed E-state index contributed by atoms with van der Waals surface area (Å²) < 4.78 is 0. The molecule has 0 aliphatic rings. The van der Waals surface area contributed by atoms with Crippen LogP contribution in [0.4, 0.5) is 0 Å². The maximum Gasteiger partial charge on any atom is 0.320 e. The average molecular weight is 446 g/mol. The van der Waals surface area contributed by atoms with Crippen molar-refractivity contribution in [3.8, 4) is 0 Å². The van der Waals surface area contributed by atoms with Gasteiger partial charge in [-0.2, -0.15) is 11.8 Å². The van der Waals surface area contributed by atoms with Crippen molar-refractivity contribution in [2.24, 2.45) is 23.1 Å². The first-order chi connectivity index (χ1) is 14.0. The number of carboxylic acids is 3. The maximum atomic E-state index is 10.4. The molecule has 0 aliphatic carbocycles. The molecule has 172 valence electrons. The molecule has 9 N–H and O–H groups in total. The van der Waals surface area contributed by atoms with Crippen LogP contribution >= 0.6 is 11.8 Å². The highest BCUT2D eigenvalue weighted by Crippen LogP contribution is 2.04. The van der Waals surface area contributed by atoms with E-state index >= 15 is 0 Å². The van der Waals surface area contributed by atoms with E-state index in [1.165, 1.54) is 0 Å². The van der Waals surface area contributed by atoms with Crippen LogP contribution in [-0.2, 0) is 20.8 Å². The minimum Gasteiger partial charge on any atom is -0.480 e. The van der Waals surface area contributed by atoms with Gasteiger partial charge >= 0.3 is 17.9 Å². The summed E-state index contributed by atoms with van der Waals surface area (Å²) in [5.41, 5.74) is 16.8. The lowest BCUT2D eigenvalue weighted by Crippen LogP contribution is -2.36. The Morgan fingerprint density at radius 1 is 0.933 bits per heavy atom. The number of hydrogen-bond donors (Lipinski definition) is 6. The Labute approximate surface area is 182 Å². The van der Waals surface area contributed by atoms with E-state index in [1.807, 2.05) is 50.4 Å². The Morgan fingerprint density at radius 2 is 1.43 bits per heavy atom. The third-order valence-electron chi connectivity index (χ3n) is 4.11. The summed E-state index contributed by atoms with van der Waals surface area (Å²) in [5.74, 6) is -1.90. The van der Waals surface area contributed by atoms with E-state index in [0.29, 0.717) is 12.8 Å². The predicted octanol–water partition coefficient (Wildman–Crippen LogP) is 1.24. The van der Waals surface area contributed by atoms with Crippen molar-refractivity contribution in [3.05, 3.63) is 35.9 Å². The van der Waals surface area contributed by atoms with Crippen LogP contribution in [0.25, 0.3) is 0 Å². The first kappa shape index (κ1) is 30.1. The number of carboxylic acid groups (broad SMARTS) is 3. The first-order valence-electron chi connectivity index (χ1n) is 9.45. The number of aliphatic carboxylic acids is 3. The van der Waals surface area contributed by atoms with E-state index < -0.39 is 36.0 Å². The van der Waals surface area contributed by atoms with Gasteiger partial charge in [0.15, 0.2) is 0 Å². The molecule has 0 radical (unpaired) electrons. The van der Waals surface area contributed by atoms with Crippen LogP contribution in [0.5, 0.6) is 0 Å². The Balaban J connectivity index is 0. The van der Waals surface area contributed by atoms with Gasteiger partial charge in [-0.25, -0.2) is 0 Å². The van der Waals surface area contributed by atoms with Crippen molar-refractivity contribution in [2.75, 3.05) is 12.0 Å². The van der Waals surface area contributed by atoms with E-state index in [4.69, 9.17) is 32.5 Å². The van der Waals surface area contributed by atoms with E-state index in [9.17, 15) is 14.4 Å². The molecule has 4 atom stereocenters. The van der Waals surface area contributed by atoms with Crippen LogP contribution in [-0.4, -0.2) is 63.4 Å². The van der Waals surface area contributed by atoms with E-state index in [-0.39, 0.29) is 5.92 Å². The number of benzene rings is 1. The van der Waals surface area contributed by atoms with E-state index in [1.54, 1.807) is 11.8 Å². The van der Waals surface area contributed by atoms with Gasteiger partial charge in [-0.3, -0.25) is 14.4 Å². The van der Waals surface area contributed by atoms with Gasteiger partial charge in [0, 0.05) is 0 Å². The van der Waals surface area contributed by atoms with Gasteiger partial charge < -0.3 is 32.5 Å². The van der Waals surface area contributed by atoms with Crippen molar-refractivity contribution in [1.29, 1.82) is 0 Å². The van der Waals surface area contributed by atoms with Crippen LogP contribution in [0.2, 0.25) is 0 Å². The zero-order valence-electron chi connectivity index (χ0n) is 17.7. The number of rotatable bonds is 10. The lowest BCUT2D eigenvalue weighted by atomic mass is 10.0. The molecule has 1 aromatic carbocycles. The minimum atomic E-state index is -0.959. The van der Waals surface area contributed by atoms with Gasteiger partial charge in [-0.1, -0.05) is 50.6 Å². The molecule has 30 heavy (non-hydrogen) atoms. The fraction of sp³-hybridized carbons (Fsp3) is 0.550. The summed E-state index contributed by atoms with van der Waals surface area (Å²) in [4.78, 5) is 30.6. The Hall–Kier alpha value is -2.14. The zero-order chi connectivity index (χ0) is 23.7. The quantitative estimate of drug-likeness (QED) is 0.305. The fourth-order valence-corrected chi connectivity index (χ4v) is 2.31. The Morgan fingerprint density at radius 3 is 1.77 bits per heavy atom. The fourth-order valence-electron chi connectivity index (χ4n) is 1.82. The molecular weight excluding hydrogens is 410 g/mol. The lowest BCUT2D eigenvalue weighted by molar-refractivity contribution is -0.140. The lowest BCUT2D eigenvalue weighted by Gasteiger charge is -2.11. The first-order valence-corrected chi connectivity index (χ1v) is 10.8.